The first-order valence-corrected chi connectivity index (χ1v) is 7.92. The van der Waals surface area contributed by atoms with E-state index in [-0.39, 0.29) is 6.17 Å². The molecule has 1 aliphatic heterocycles. The van der Waals surface area contributed by atoms with E-state index in [9.17, 15) is 0 Å². The first-order valence-electron chi connectivity index (χ1n) is 7.92. The highest BCUT2D eigenvalue weighted by Crippen LogP contribution is 2.13. The summed E-state index contributed by atoms with van der Waals surface area (Å²) in [6.07, 6.45) is 13.8. The Morgan fingerprint density at radius 1 is 1.21 bits per heavy atom. The van der Waals surface area contributed by atoms with Gasteiger partial charge in [-0.15, -0.1) is 6.58 Å². The molecule has 1 aliphatic rings. The molecule has 0 saturated carbocycles. The second-order valence-electron chi connectivity index (χ2n) is 5.53. The van der Waals surface area contributed by atoms with Crippen LogP contribution in [0.5, 0.6) is 0 Å². The van der Waals surface area contributed by atoms with E-state index in [1.807, 2.05) is 13.0 Å². The second-order valence-corrected chi connectivity index (χ2v) is 5.53. The van der Waals surface area contributed by atoms with Crippen LogP contribution in [0.2, 0.25) is 0 Å². The summed E-state index contributed by atoms with van der Waals surface area (Å²) in [5.74, 6) is 1.24. The molecule has 0 aromatic heterocycles. The van der Waals surface area contributed by atoms with E-state index < -0.39 is 0 Å². The van der Waals surface area contributed by atoms with Gasteiger partial charge in [0.2, 0.25) is 0 Å². The molecule has 2 N–H and O–H groups in total. The van der Waals surface area contributed by atoms with E-state index in [2.05, 4.69) is 16.5 Å². The van der Waals surface area contributed by atoms with Crippen LogP contribution in [0.3, 0.4) is 0 Å². The molecule has 0 fully saturated rings. The topological polar surface area (TPSA) is 41.6 Å². The first kappa shape index (κ1) is 16.2. The van der Waals surface area contributed by atoms with Gasteiger partial charge in [-0.2, -0.15) is 0 Å². The van der Waals surface area contributed by atoms with E-state index >= 15 is 0 Å². The molecule has 0 spiro atoms. The second kappa shape index (κ2) is 10.0. The van der Waals surface area contributed by atoms with Crippen molar-refractivity contribution in [1.82, 2.24) is 4.90 Å². The maximum atomic E-state index is 5.94. The van der Waals surface area contributed by atoms with Crippen LogP contribution >= 0.6 is 0 Å². The molecule has 19 heavy (non-hydrogen) atoms. The summed E-state index contributed by atoms with van der Waals surface area (Å²) in [6.45, 7) is 7.74. The van der Waals surface area contributed by atoms with Crippen LogP contribution in [-0.4, -0.2) is 30.0 Å². The average Bonchev–Trinajstić information content (AvgIpc) is 2.85. The minimum atomic E-state index is 0.117. The zero-order valence-electron chi connectivity index (χ0n) is 12.6. The number of amidine groups is 1. The fourth-order valence-corrected chi connectivity index (χ4v) is 2.62. The maximum Gasteiger partial charge on any atom is 0.100 e. The van der Waals surface area contributed by atoms with Gasteiger partial charge in [0.15, 0.2) is 0 Å². The molecule has 0 aromatic rings. The van der Waals surface area contributed by atoms with Crippen molar-refractivity contribution in [2.75, 3.05) is 13.1 Å². The number of hydrogen-bond acceptors (Lipinski definition) is 3. The highest BCUT2D eigenvalue weighted by molar-refractivity contribution is 5.83. The summed E-state index contributed by atoms with van der Waals surface area (Å²) in [4.78, 5) is 6.80. The van der Waals surface area contributed by atoms with Gasteiger partial charge >= 0.3 is 0 Å². The average molecular weight is 265 g/mol. The number of allylic oxidation sites excluding steroid dienone is 1. The molecule has 0 aliphatic carbocycles. The van der Waals surface area contributed by atoms with E-state index in [1.54, 1.807) is 0 Å². The molecule has 1 rings (SSSR count). The fourth-order valence-electron chi connectivity index (χ4n) is 2.62. The molecule has 0 saturated heterocycles. The predicted molar refractivity (Wildman–Crippen MR) is 84.4 cm³/mol. The van der Waals surface area contributed by atoms with Crippen LogP contribution in [0.4, 0.5) is 0 Å². The Bertz CT molecular complexity index is 271. The van der Waals surface area contributed by atoms with Crippen molar-refractivity contribution in [3.8, 4) is 0 Å². The molecule has 0 amide bonds. The van der Waals surface area contributed by atoms with Crippen LogP contribution in [0, 0.1) is 0 Å². The Morgan fingerprint density at radius 3 is 2.47 bits per heavy atom. The largest absolute Gasteiger partial charge is 0.343 e. The van der Waals surface area contributed by atoms with Gasteiger partial charge in [-0.05, 0) is 26.2 Å². The van der Waals surface area contributed by atoms with E-state index in [0.717, 1.165) is 19.5 Å². The first-order chi connectivity index (χ1) is 9.25. The van der Waals surface area contributed by atoms with Gasteiger partial charge in [-0.3, -0.25) is 4.99 Å². The van der Waals surface area contributed by atoms with Crippen LogP contribution in [0.15, 0.2) is 17.6 Å². The van der Waals surface area contributed by atoms with Gasteiger partial charge in [-0.1, -0.05) is 38.2 Å². The number of rotatable bonds is 11. The lowest BCUT2D eigenvalue weighted by molar-refractivity contribution is 0.358. The van der Waals surface area contributed by atoms with Crippen molar-refractivity contribution in [3.63, 3.8) is 0 Å². The van der Waals surface area contributed by atoms with Crippen LogP contribution in [-0.2, 0) is 0 Å². The zero-order chi connectivity index (χ0) is 13.9. The zero-order valence-corrected chi connectivity index (χ0v) is 12.6. The van der Waals surface area contributed by atoms with E-state index in [1.165, 1.54) is 57.2 Å². The minimum absolute atomic E-state index is 0.117. The number of nitrogens with zero attached hydrogens (tertiary/aromatic N) is 2. The van der Waals surface area contributed by atoms with Gasteiger partial charge in [0.05, 0.1) is 12.7 Å². The Kier molecular flexibility index (Phi) is 8.55. The molecule has 0 bridgehead atoms. The summed E-state index contributed by atoms with van der Waals surface area (Å²) < 4.78 is 0. The fraction of sp³-hybridized carbons (Fsp3) is 0.812. The number of unbranched alkanes of at least 4 members (excludes halogenated alkanes) is 7. The maximum absolute atomic E-state index is 5.94. The van der Waals surface area contributed by atoms with Crippen molar-refractivity contribution < 1.29 is 0 Å². The lowest BCUT2D eigenvalue weighted by Crippen LogP contribution is -2.41. The van der Waals surface area contributed by atoms with Crippen molar-refractivity contribution in [1.29, 1.82) is 0 Å². The monoisotopic (exact) mass is 265 g/mol. The van der Waals surface area contributed by atoms with Gasteiger partial charge in [0.25, 0.3) is 0 Å². The van der Waals surface area contributed by atoms with Gasteiger partial charge in [0.1, 0.15) is 5.84 Å². The molecule has 1 heterocycles. The molecular formula is C16H31N3. The van der Waals surface area contributed by atoms with E-state index in [4.69, 9.17) is 5.73 Å². The summed E-state index contributed by atoms with van der Waals surface area (Å²) in [5.41, 5.74) is 5.94. The summed E-state index contributed by atoms with van der Waals surface area (Å²) >= 11 is 0. The van der Waals surface area contributed by atoms with Gasteiger partial charge in [0, 0.05) is 13.0 Å². The lowest BCUT2D eigenvalue weighted by atomic mass is 10.1. The predicted octanol–water partition coefficient (Wildman–Crippen LogP) is 3.70. The smallest absolute Gasteiger partial charge is 0.100 e. The standard InChI is InChI=1S/C16H31N3/c1-3-4-5-6-7-8-9-10-11-12-16-18-13-14-19(16)15(2)17/h3,15H,1,4-14,17H2,2H3. The van der Waals surface area contributed by atoms with Crippen molar-refractivity contribution in [2.24, 2.45) is 10.7 Å². The molecular weight excluding hydrogens is 234 g/mol. The quantitative estimate of drug-likeness (QED) is 0.457. The third-order valence-corrected chi connectivity index (χ3v) is 3.77. The van der Waals surface area contributed by atoms with Crippen molar-refractivity contribution in [2.45, 2.75) is 70.9 Å². The molecule has 0 aromatic carbocycles. The summed E-state index contributed by atoms with van der Waals surface area (Å²) in [6, 6.07) is 0. The highest BCUT2D eigenvalue weighted by Gasteiger charge is 2.18. The van der Waals surface area contributed by atoms with Gasteiger partial charge < -0.3 is 10.6 Å². The summed E-state index contributed by atoms with van der Waals surface area (Å²) in [5, 5.41) is 0. The number of nitrogens with two attached hydrogens (primary N) is 1. The lowest BCUT2D eigenvalue weighted by Gasteiger charge is -2.24. The minimum Gasteiger partial charge on any atom is -0.343 e. The molecule has 3 heteroatoms. The van der Waals surface area contributed by atoms with E-state index in [0.29, 0.717) is 0 Å². The third kappa shape index (κ3) is 6.76. The van der Waals surface area contributed by atoms with Crippen LogP contribution < -0.4 is 5.73 Å². The SMILES string of the molecule is C=CCCCCCCCCCC1=NCCN1C(C)N. The molecule has 0 radical (unpaired) electrons. The molecule has 1 unspecified atom stereocenters. The number of aliphatic imine (C=N–C) groups is 1. The Hall–Kier alpha value is -0.830. The normalized spacial score (nSPS) is 16.5. The third-order valence-electron chi connectivity index (χ3n) is 3.77. The van der Waals surface area contributed by atoms with Crippen molar-refractivity contribution >= 4 is 5.84 Å². The Morgan fingerprint density at radius 2 is 1.84 bits per heavy atom. The summed E-state index contributed by atoms with van der Waals surface area (Å²) in [7, 11) is 0. The number of hydrogen-bond donors (Lipinski definition) is 1. The Labute approximate surface area is 119 Å². The molecule has 1 atom stereocenters. The van der Waals surface area contributed by atoms with Crippen LogP contribution in [0.25, 0.3) is 0 Å². The van der Waals surface area contributed by atoms with Crippen LogP contribution in [0.1, 0.15) is 64.7 Å². The highest BCUT2D eigenvalue weighted by atomic mass is 15.3. The molecule has 3 nitrogen and oxygen atoms in total. The molecule has 110 valence electrons. The van der Waals surface area contributed by atoms with Gasteiger partial charge in [-0.25, -0.2) is 0 Å². The Balaban J connectivity index is 1.95. The van der Waals surface area contributed by atoms with Crippen molar-refractivity contribution in [3.05, 3.63) is 12.7 Å².